The van der Waals surface area contributed by atoms with Crippen molar-refractivity contribution in [2.75, 3.05) is 18.5 Å². The zero-order chi connectivity index (χ0) is 14.4. The van der Waals surface area contributed by atoms with Gasteiger partial charge in [-0.2, -0.15) is 0 Å². The number of benzene rings is 2. The first kappa shape index (κ1) is 14.9. The molecule has 0 aliphatic rings. The highest BCUT2D eigenvalue weighted by Gasteiger charge is 2.10. The summed E-state index contributed by atoms with van der Waals surface area (Å²) in [7, 11) is 0. The third kappa shape index (κ3) is 3.99. The number of halogens is 1. The van der Waals surface area contributed by atoms with Crippen molar-refractivity contribution >= 4 is 21.6 Å². The summed E-state index contributed by atoms with van der Waals surface area (Å²) < 4.78 is 6.45. The Balaban J connectivity index is 2.09. The Bertz CT molecular complexity index is 525. The molecule has 4 heteroatoms. The molecule has 2 aromatic rings. The van der Waals surface area contributed by atoms with E-state index in [2.05, 4.69) is 21.2 Å². The van der Waals surface area contributed by atoms with Gasteiger partial charge in [0, 0.05) is 10.2 Å². The van der Waals surface area contributed by atoms with Gasteiger partial charge in [0.15, 0.2) is 0 Å². The summed E-state index contributed by atoms with van der Waals surface area (Å²) in [4.78, 5) is 0. The lowest BCUT2D eigenvalue weighted by Gasteiger charge is -2.18. The highest BCUT2D eigenvalue weighted by Crippen LogP contribution is 2.23. The van der Waals surface area contributed by atoms with Gasteiger partial charge in [-0.15, -0.1) is 0 Å². The van der Waals surface area contributed by atoms with Gasteiger partial charge in [0.05, 0.1) is 19.3 Å². The molecule has 20 heavy (non-hydrogen) atoms. The molecule has 1 atom stereocenters. The second kappa shape index (κ2) is 7.31. The normalized spacial score (nSPS) is 11.9. The summed E-state index contributed by atoms with van der Waals surface area (Å²) in [5.74, 6) is 0.844. The first-order valence-corrected chi connectivity index (χ1v) is 7.38. The highest BCUT2D eigenvalue weighted by atomic mass is 79.9. The van der Waals surface area contributed by atoms with E-state index in [1.165, 1.54) is 0 Å². The van der Waals surface area contributed by atoms with Crippen LogP contribution in [0.3, 0.4) is 0 Å². The van der Waals surface area contributed by atoms with E-state index in [0.717, 1.165) is 21.5 Å². The van der Waals surface area contributed by atoms with Crippen LogP contribution in [0.2, 0.25) is 0 Å². The van der Waals surface area contributed by atoms with E-state index >= 15 is 0 Å². The predicted octanol–water partition coefficient (Wildman–Crippen LogP) is 3.99. The van der Waals surface area contributed by atoms with E-state index in [0.29, 0.717) is 6.61 Å². The van der Waals surface area contributed by atoms with E-state index in [-0.39, 0.29) is 12.6 Å². The fourth-order valence-electron chi connectivity index (χ4n) is 1.94. The van der Waals surface area contributed by atoms with Crippen LogP contribution in [0.1, 0.15) is 18.5 Å². The predicted molar refractivity (Wildman–Crippen MR) is 85.2 cm³/mol. The third-order valence-electron chi connectivity index (χ3n) is 2.96. The fraction of sp³-hybridized carbons (Fsp3) is 0.250. The van der Waals surface area contributed by atoms with Gasteiger partial charge < -0.3 is 15.2 Å². The summed E-state index contributed by atoms with van der Waals surface area (Å²) in [6.45, 7) is 2.64. The Hall–Kier alpha value is -1.52. The Morgan fingerprint density at radius 3 is 2.30 bits per heavy atom. The van der Waals surface area contributed by atoms with Crippen LogP contribution in [0.25, 0.3) is 0 Å². The van der Waals surface area contributed by atoms with Gasteiger partial charge in [0.2, 0.25) is 0 Å². The minimum absolute atomic E-state index is 0.0318. The lowest BCUT2D eigenvalue weighted by atomic mass is 10.1. The Morgan fingerprint density at radius 1 is 1.10 bits per heavy atom. The van der Waals surface area contributed by atoms with Crippen LogP contribution in [-0.4, -0.2) is 18.3 Å². The van der Waals surface area contributed by atoms with Crippen LogP contribution in [0.5, 0.6) is 5.75 Å². The summed E-state index contributed by atoms with van der Waals surface area (Å²) in [5, 5.41) is 12.9. The topological polar surface area (TPSA) is 41.5 Å². The molecule has 2 rings (SSSR count). The molecule has 106 valence electrons. The first-order valence-electron chi connectivity index (χ1n) is 6.58. The molecular weight excluding hydrogens is 318 g/mol. The summed E-state index contributed by atoms with van der Waals surface area (Å²) in [6, 6.07) is 15.5. The number of aliphatic hydroxyl groups excluding tert-OH is 1. The molecule has 0 amide bonds. The van der Waals surface area contributed by atoms with Crippen molar-refractivity contribution in [3.63, 3.8) is 0 Å². The van der Waals surface area contributed by atoms with E-state index in [1.54, 1.807) is 0 Å². The second-order valence-electron chi connectivity index (χ2n) is 4.39. The number of aliphatic hydroxyl groups is 1. The number of nitrogens with one attached hydrogen (secondary N) is 1. The fourth-order valence-corrected chi connectivity index (χ4v) is 2.21. The minimum atomic E-state index is -0.133. The smallest absolute Gasteiger partial charge is 0.119 e. The molecule has 2 aromatic carbocycles. The molecular formula is C16H18BrNO2. The molecule has 0 heterocycles. The lowest BCUT2D eigenvalue weighted by molar-refractivity contribution is 0.276. The third-order valence-corrected chi connectivity index (χ3v) is 3.49. The minimum Gasteiger partial charge on any atom is -0.494 e. The molecule has 3 nitrogen and oxygen atoms in total. The lowest BCUT2D eigenvalue weighted by Crippen LogP contribution is -2.14. The molecule has 0 aliphatic heterocycles. The molecule has 0 bridgehead atoms. The number of ether oxygens (including phenoxy) is 1. The number of hydrogen-bond donors (Lipinski definition) is 2. The number of hydrogen-bond acceptors (Lipinski definition) is 3. The van der Waals surface area contributed by atoms with Crippen molar-refractivity contribution in [3.8, 4) is 5.75 Å². The van der Waals surface area contributed by atoms with Gasteiger partial charge in [-0.3, -0.25) is 0 Å². The van der Waals surface area contributed by atoms with Crippen LogP contribution >= 0.6 is 15.9 Å². The van der Waals surface area contributed by atoms with Gasteiger partial charge in [0.1, 0.15) is 5.75 Å². The SMILES string of the molecule is CCOc1ccc(C(CO)Nc2ccc(Br)cc2)cc1. The largest absolute Gasteiger partial charge is 0.494 e. The van der Waals surface area contributed by atoms with Crippen molar-refractivity contribution in [2.24, 2.45) is 0 Å². The van der Waals surface area contributed by atoms with E-state index in [4.69, 9.17) is 4.74 Å². The van der Waals surface area contributed by atoms with Gasteiger partial charge >= 0.3 is 0 Å². The second-order valence-corrected chi connectivity index (χ2v) is 5.30. The van der Waals surface area contributed by atoms with Crippen molar-refractivity contribution in [2.45, 2.75) is 13.0 Å². The average molecular weight is 336 g/mol. The van der Waals surface area contributed by atoms with Gasteiger partial charge in [0.25, 0.3) is 0 Å². The maximum atomic E-state index is 9.57. The highest BCUT2D eigenvalue weighted by molar-refractivity contribution is 9.10. The summed E-state index contributed by atoms with van der Waals surface area (Å²) in [5.41, 5.74) is 2.00. The van der Waals surface area contributed by atoms with E-state index < -0.39 is 0 Å². The zero-order valence-electron chi connectivity index (χ0n) is 11.3. The maximum absolute atomic E-state index is 9.57. The quantitative estimate of drug-likeness (QED) is 0.838. The molecule has 2 N–H and O–H groups in total. The van der Waals surface area contributed by atoms with Crippen LogP contribution in [0, 0.1) is 0 Å². The molecule has 0 saturated heterocycles. The van der Waals surface area contributed by atoms with Crippen LogP contribution in [0.4, 0.5) is 5.69 Å². The monoisotopic (exact) mass is 335 g/mol. The van der Waals surface area contributed by atoms with Crippen LogP contribution in [-0.2, 0) is 0 Å². The maximum Gasteiger partial charge on any atom is 0.119 e. The Kier molecular flexibility index (Phi) is 5.44. The number of anilines is 1. The van der Waals surface area contributed by atoms with Crippen molar-refractivity contribution in [1.82, 2.24) is 0 Å². The van der Waals surface area contributed by atoms with Crippen molar-refractivity contribution in [3.05, 3.63) is 58.6 Å². The van der Waals surface area contributed by atoms with Crippen LogP contribution < -0.4 is 10.1 Å². The first-order chi connectivity index (χ1) is 9.72. The molecule has 0 fully saturated rings. The van der Waals surface area contributed by atoms with Gasteiger partial charge in [-0.25, -0.2) is 0 Å². The van der Waals surface area contributed by atoms with Crippen LogP contribution in [0.15, 0.2) is 53.0 Å². The summed E-state index contributed by atoms with van der Waals surface area (Å²) >= 11 is 3.41. The Labute approximate surface area is 127 Å². The van der Waals surface area contributed by atoms with E-state index in [1.807, 2.05) is 55.5 Å². The standard InChI is InChI=1S/C16H18BrNO2/c1-2-20-15-9-3-12(4-10-15)16(11-19)18-14-7-5-13(17)6-8-14/h3-10,16,18-19H,2,11H2,1H3. The van der Waals surface area contributed by atoms with Crippen molar-refractivity contribution in [1.29, 1.82) is 0 Å². The molecule has 1 unspecified atom stereocenters. The van der Waals surface area contributed by atoms with Gasteiger partial charge in [-0.1, -0.05) is 28.1 Å². The molecule has 0 saturated carbocycles. The summed E-state index contributed by atoms with van der Waals surface area (Å²) in [6.07, 6.45) is 0. The van der Waals surface area contributed by atoms with E-state index in [9.17, 15) is 5.11 Å². The molecule has 0 spiro atoms. The van der Waals surface area contributed by atoms with Crippen molar-refractivity contribution < 1.29 is 9.84 Å². The number of rotatable bonds is 6. The molecule has 0 aromatic heterocycles. The average Bonchev–Trinajstić information content (AvgIpc) is 2.48. The zero-order valence-corrected chi connectivity index (χ0v) is 12.9. The molecule has 0 aliphatic carbocycles. The Morgan fingerprint density at radius 2 is 1.75 bits per heavy atom. The molecule has 0 radical (unpaired) electrons. The van der Waals surface area contributed by atoms with Gasteiger partial charge in [-0.05, 0) is 48.9 Å².